The van der Waals surface area contributed by atoms with Crippen LogP contribution in [0.5, 0.6) is 0 Å². The maximum atomic E-state index is 11.8. The van der Waals surface area contributed by atoms with E-state index >= 15 is 0 Å². The summed E-state index contributed by atoms with van der Waals surface area (Å²) in [6.45, 7) is 4.90. The van der Waals surface area contributed by atoms with Crippen molar-refractivity contribution in [3.05, 3.63) is 27.1 Å². The van der Waals surface area contributed by atoms with Crippen molar-refractivity contribution >= 4 is 43.5 Å². The fourth-order valence-corrected chi connectivity index (χ4v) is 2.64. The summed E-state index contributed by atoms with van der Waals surface area (Å²) in [5.41, 5.74) is 0.793. The van der Waals surface area contributed by atoms with E-state index in [1.54, 1.807) is 0 Å². The summed E-state index contributed by atoms with van der Waals surface area (Å²) in [4.78, 5) is 11.8. The van der Waals surface area contributed by atoms with E-state index in [2.05, 4.69) is 42.5 Å². The molecule has 2 N–H and O–H groups in total. The molecule has 1 aromatic carbocycles. The van der Waals surface area contributed by atoms with Crippen molar-refractivity contribution < 1.29 is 4.79 Å². The first kappa shape index (κ1) is 14.7. The summed E-state index contributed by atoms with van der Waals surface area (Å²) in [6, 6.07) is 5.86. The van der Waals surface area contributed by atoms with Gasteiger partial charge >= 0.3 is 0 Å². The van der Waals surface area contributed by atoms with E-state index in [4.69, 9.17) is 0 Å². The van der Waals surface area contributed by atoms with E-state index in [9.17, 15) is 4.79 Å². The van der Waals surface area contributed by atoms with Crippen LogP contribution in [0.4, 0.5) is 5.69 Å². The maximum absolute atomic E-state index is 11.8. The topological polar surface area (TPSA) is 41.1 Å². The zero-order valence-corrected chi connectivity index (χ0v) is 13.1. The van der Waals surface area contributed by atoms with E-state index in [1.165, 1.54) is 0 Å². The summed E-state index contributed by atoms with van der Waals surface area (Å²) in [5, 5.41) is 6.09. The lowest BCUT2D eigenvalue weighted by Crippen LogP contribution is -2.30. The predicted molar refractivity (Wildman–Crippen MR) is 78.2 cm³/mol. The van der Waals surface area contributed by atoms with Gasteiger partial charge in [0.2, 0.25) is 5.91 Å². The molecule has 0 fully saturated rings. The number of amides is 1. The van der Waals surface area contributed by atoms with Gasteiger partial charge in [0.15, 0.2) is 0 Å². The Labute approximate surface area is 119 Å². The molecule has 0 aliphatic rings. The number of anilines is 1. The van der Waals surface area contributed by atoms with Crippen molar-refractivity contribution in [2.45, 2.75) is 26.3 Å². The fourth-order valence-electron chi connectivity index (χ4n) is 1.49. The summed E-state index contributed by atoms with van der Waals surface area (Å²) in [6.07, 6.45) is 0.469. The number of hydrogen-bond donors (Lipinski definition) is 2. The van der Waals surface area contributed by atoms with Crippen LogP contribution in [0.3, 0.4) is 0 Å². The highest BCUT2D eigenvalue weighted by Gasteiger charge is 2.09. The van der Waals surface area contributed by atoms with Gasteiger partial charge in [-0.3, -0.25) is 4.79 Å². The summed E-state index contributed by atoms with van der Waals surface area (Å²) >= 11 is 6.78. The highest BCUT2D eigenvalue weighted by molar-refractivity contribution is 9.11. The molecule has 0 bridgehead atoms. The minimum Gasteiger partial charge on any atom is -0.325 e. The summed E-state index contributed by atoms with van der Waals surface area (Å²) in [7, 11) is 0. The molecule has 1 aromatic rings. The van der Waals surface area contributed by atoms with Gasteiger partial charge in [-0.05, 0) is 47.6 Å². The van der Waals surface area contributed by atoms with Crippen molar-refractivity contribution in [1.82, 2.24) is 5.32 Å². The Morgan fingerprint density at radius 1 is 1.41 bits per heavy atom. The number of halogens is 2. The number of carbonyl (C=O) groups excluding carboxylic acids is 1. The molecule has 17 heavy (non-hydrogen) atoms. The lowest BCUT2D eigenvalue weighted by Gasteiger charge is -2.13. The number of rotatable bonds is 5. The van der Waals surface area contributed by atoms with Gasteiger partial charge in [-0.2, -0.15) is 0 Å². The zero-order chi connectivity index (χ0) is 12.8. The molecule has 0 saturated heterocycles. The lowest BCUT2D eigenvalue weighted by atomic mass is 10.2. The first-order valence-electron chi connectivity index (χ1n) is 5.51. The molecule has 1 unspecified atom stereocenters. The minimum absolute atomic E-state index is 0.0153. The van der Waals surface area contributed by atoms with Gasteiger partial charge in [0.1, 0.15) is 0 Å². The Bertz CT molecular complexity index is 396. The molecule has 1 amide bonds. The number of carbonyl (C=O) groups is 1. The van der Waals surface area contributed by atoms with Gasteiger partial charge in [-0.25, -0.2) is 0 Å². The second-order valence-corrected chi connectivity index (χ2v) is 5.61. The molecule has 0 saturated carbocycles. The van der Waals surface area contributed by atoms with Crippen LogP contribution in [0, 0.1) is 0 Å². The molecule has 5 heteroatoms. The van der Waals surface area contributed by atoms with E-state index in [1.807, 2.05) is 32.0 Å². The van der Waals surface area contributed by atoms with Crippen molar-refractivity contribution in [2.24, 2.45) is 0 Å². The molecule has 1 rings (SSSR count). The molecule has 0 spiro atoms. The Morgan fingerprint density at radius 3 is 2.71 bits per heavy atom. The van der Waals surface area contributed by atoms with Crippen LogP contribution >= 0.6 is 31.9 Å². The highest BCUT2D eigenvalue weighted by atomic mass is 79.9. The predicted octanol–water partition coefficient (Wildman–Crippen LogP) is 3.54. The molecule has 0 heterocycles. The average molecular weight is 364 g/mol. The van der Waals surface area contributed by atoms with Gasteiger partial charge in [-0.15, -0.1) is 0 Å². The fraction of sp³-hybridized carbons (Fsp3) is 0.417. The standard InChI is InChI=1S/C12H16Br2N2O/c1-3-15-8(2)6-12(17)16-11-5-4-9(13)7-10(11)14/h4-5,7-8,15H,3,6H2,1-2H3,(H,16,17). The second kappa shape index (κ2) is 7.13. The van der Waals surface area contributed by atoms with Crippen molar-refractivity contribution in [2.75, 3.05) is 11.9 Å². The normalized spacial score (nSPS) is 12.2. The minimum atomic E-state index is 0.0153. The zero-order valence-electron chi connectivity index (χ0n) is 9.89. The molecule has 1 atom stereocenters. The van der Waals surface area contributed by atoms with Crippen LogP contribution in [-0.2, 0) is 4.79 Å². The van der Waals surface area contributed by atoms with Crippen molar-refractivity contribution in [1.29, 1.82) is 0 Å². The Kier molecular flexibility index (Phi) is 6.16. The lowest BCUT2D eigenvalue weighted by molar-refractivity contribution is -0.116. The van der Waals surface area contributed by atoms with Crippen LogP contribution in [0.2, 0.25) is 0 Å². The quantitative estimate of drug-likeness (QED) is 0.840. The van der Waals surface area contributed by atoms with Crippen LogP contribution in [0.25, 0.3) is 0 Å². The van der Waals surface area contributed by atoms with Gasteiger partial charge in [-0.1, -0.05) is 22.9 Å². The van der Waals surface area contributed by atoms with E-state index in [-0.39, 0.29) is 11.9 Å². The SMILES string of the molecule is CCNC(C)CC(=O)Nc1ccc(Br)cc1Br. The van der Waals surface area contributed by atoms with Crippen LogP contribution in [0.1, 0.15) is 20.3 Å². The van der Waals surface area contributed by atoms with Gasteiger partial charge in [0, 0.05) is 21.4 Å². The Hall–Kier alpha value is -0.390. The van der Waals surface area contributed by atoms with E-state index in [0.29, 0.717) is 6.42 Å². The molecule has 0 aliphatic heterocycles. The van der Waals surface area contributed by atoms with Crippen molar-refractivity contribution in [3.8, 4) is 0 Å². The molecular weight excluding hydrogens is 348 g/mol. The van der Waals surface area contributed by atoms with Crippen LogP contribution < -0.4 is 10.6 Å². The molecule has 0 aliphatic carbocycles. The number of hydrogen-bond acceptors (Lipinski definition) is 2. The van der Waals surface area contributed by atoms with Crippen molar-refractivity contribution in [3.63, 3.8) is 0 Å². The average Bonchev–Trinajstić information content (AvgIpc) is 2.22. The molecule has 94 valence electrons. The molecule has 0 aromatic heterocycles. The number of nitrogens with one attached hydrogen (secondary N) is 2. The summed E-state index contributed by atoms with van der Waals surface area (Å²) < 4.78 is 1.85. The monoisotopic (exact) mass is 362 g/mol. The first-order valence-corrected chi connectivity index (χ1v) is 7.09. The summed E-state index contributed by atoms with van der Waals surface area (Å²) in [5.74, 6) is 0.0153. The maximum Gasteiger partial charge on any atom is 0.225 e. The first-order chi connectivity index (χ1) is 8.02. The third kappa shape index (κ3) is 5.19. The van der Waals surface area contributed by atoms with Gasteiger partial charge in [0.05, 0.1) is 5.69 Å². The largest absolute Gasteiger partial charge is 0.325 e. The van der Waals surface area contributed by atoms with Crippen LogP contribution in [-0.4, -0.2) is 18.5 Å². The Balaban J connectivity index is 2.56. The smallest absolute Gasteiger partial charge is 0.225 e. The third-order valence-electron chi connectivity index (χ3n) is 2.25. The van der Waals surface area contributed by atoms with E-state index < -0.39 is 0 Å². The molecule has 0 radical (unpaired) electrons. The number of benzene rings is 1. The van der Waals surface area contributed by atoms with E-state index in [0.717, 1.165) is 21.2 Å². The van der Waals surface area contributed by atoms with Gasteiger partial charge < -0.3 is 10.6 Å². The van der Waals surface area contributed by atoms with Crippen LogP contribution in [0.15, 0.2) is 27.1 Å². The third-order valence-corrected chi connectivity index (χ3v) is 3.40. The Morgan fingerprint density at radius 2 is 2.12 bits per heavy atom. The molecule has 3 nitrogen and oxygen atoms in total. The highest BCUT2D eigenvalue weighted by Crippen LogP contribution is 2.26. The molecular formula is C12H16Br2N2O. The van der Waals surface area contributed by atoms with Gasteiger partial charge in [0.25, 0.3) is 0 Å². The second-order valence-electron chi connectivity index (χ2n) is 3.84.